The molecule has 5 heteroatoms. The third-order valence-electron chi connectivity index (χ3n) is 7.36. The standard InChI is InChI=1S/C30H58O5/c1-22(2)16-19-32-24(4)25(5)33-20-17-23(3)15-18-30(9,10)35-27-13-11-26(12-14-27)34-21-28(31)29(6,7)8/h22-27H,11-21H2,1-10H3/t23?,24-,25-,26?,27?/m1/s1. The van der Waals surface area contributed by atoms with Crippen LogP contribution in [-0.2, 0) is 23.7 Å². The first kappa shape index (κ1) is 32.5. The lowest BCUT2D eigenvalue weighted by Gasteiger charge is -2.36. The summed E-state index contributed by atoms with van der Waals surface area (Å²) in [5.41, 5.74) is -0.451. The summed E-state index contributed by atoms with van der Waals surface area (Å²) in [7, 11) is 0. The third kappa shape index (κ3) is 14.7. The van der Waals surface area contributed by atoms with Gasteiger partial charge in [0.1, 0.15) is 6.61 Å². The summed E-state index contributed by atoms with van der Waals surface area (Å²) in [4.78, 5) is 12.1. The van der Waals surface area contributed by atoms with Crippen LogP contribution < -0.4 is 0 Å². The van der Waals surface area contributed by atoms with Crippen LogP contribution in [0.25, 0.3) is 0 Å². The summed E-state index contributed by atoms with van der Waals surface area (Å²) < 4.78 is 24.4. The van der Waals surface area contributed by atoms with Crippen molar-refractivity contribution in [3.8, 4) is 0 Å². The molecule has 1 rings (SSSR count). The molecule has 0 bridgehead atoms. The van der Waals surface area contributed by atoms with Crippen LogP contribution in [0.15, 0.2) is 0 Å². The van der Waals surface area contributed by atoms with E-state index in [1.54, 1.807) is 0 Å². The van der Waals surface area contributed by atoms with Crippen LogP contribution in [0.1, 0.15) is 121 Å². The van der Waals surface area contributed by atoms with Gasteiger partial charge in [-0.05, 0) is 90.9 Å². The van der Waals surface area contributed by atoms with Crippen LogP contribution >= 0.6 is 0 Å². The van der Waals surface area contributed by atoms with E-state index < -0.39 is 0 Å². The number of Topliss-reactive ketones (excluding diaryl/α,β-unsaturated/α-hetero) is 1. The molecule has 1 saturated carbocycles. The third-order valence-corrected chi connectivity index (χ3v) is 7.36. The molecule has 0 aromatic rings. The van der Waals surface area contributed by atoms with Gasteiger partial charge in [0.15, 0.2) is 5.78 Å². The Bertz CT molecular complexity index is 572. The van der Waals surface area contributed by atoms with Crippen molar-refractivity contribution in [1.82, 2.24) is 0 Å². The Labute approximate surface area is 217 Å². The SMILES string of the molecule is CC(C)CCO[C@H](C)[C@@H](C)OCCC(C)CCC(C)(C)OC1CCC(OCC(=O)C(C)(C)C)CC1. The lowest BCUT2D eigenvalue weighted by Crippen LogP contribution is -2.36. The van der Waals surface area contributed by atoms with Crippen molar-refractivity contribution in [3.63, 3.8) is 0 Å². The molecule has 35 heavy (non-hydrogen) atoms. The predicted octanol–water partition coefficient (Wildman–Crippen LogP) is 7.39. The lowest BCUT2D eigenvalue weighted by molar-refractivity contribution is -0.136. The number of carbonyl (C=O) groups excluding carboxylic acids is 1. The number of hydrogen-bond acceptors (Lipinski definition) is 5. The maximum Gasteiger partial charge on any atom is 0.163 e. The molecule has 0 aliphatic heterocycles. The Balaban J connectivity index is 2.21. The highest BCUT2D eigenvalue weighted by Crippen LogP contribution is 2.30. The number of carbonyl (C=O) groups is 1. The molecule has 0 heterocycles. The van der Waals surface area contributed by atoms with Gasteiger partial charge in [-0.3, -0.25) is 4.79 Å². The molecule has 0 radical (unpaired) electrons. The summed E-state index contributed by atoms with van der Waals surface area (Å²) in [5, 5.41) is 0. The van der Waals surface area contributed by atoms with Gasteiger partial charge < -0.3 is 18.9 Å². The number of ketones is 1. The minimum atomic E-state index is -0.328. The number of ether oxygens (including phenoxy) is 4. The Hall–Kier alpha value is -0.490. The highest BCUT2D eigenvalue weighted by molar-refractivity contribution is 5.84. The van der Waals surface area contributed by atoms with Crippen LogP contribution in [0.3, 0.4) is 0 Å². The quantitative estimate of drug-likeness (QED) is 0.209. The molecular formula is C30H58O5. The second-order valence-corrected chi connectivity index (χ2v) is 13.0. The summed E-state index contributed by atoms with van der Waals surface area (Å²) in [6, 6.07) is 0. The topological polar surface area (TPSA) is 54.0 Å². The van der Waals surface area contributed by atoms with Gasteiger partial charge in [-0.15, -0.1) is 0 Å². The first-order valence-corrected chi connectivity index (χ1v) is 14.3. The van der Waals surface area contributed by atoms with Crippen molar-refractivity contribution >= 4 is 5.78 Å². The Morgan fingerprint density at radius 2 is 1.29 bits per heavy atom. The van der Waals surface area contributed by atoms with Gasteiger partial charge in [-0.25, -0.2) is 0 Å². The van der Waals surface area contributed by atoms with Gasteiger partial charge in [-0.2, -0.15) is 0 Å². The van der Waals surface area contributed by atoms with Gasteiger partial charge in [0, 0.05) is 18.6 Å². The molecule has 208 valence electrons. The summed E-state index contributed by atoms with van der Waals surface area (Å²) in [6.07, 6.45) is 9.06. The molecule has 0 saturated heterocycles. The van der Waals surface area contributed by atoms with E-state index in [0.29, 0.717) is 17.9 Å². The van der Waals surface area contributed by atoms with Gasteiger partial charge in [-0.1, -0.05) is 41.5 Å². The molecule has 1 aliphatic carbocycles. The smallest absolute Gasteiger partial charge is 0.163 e. The molecule has 0 amide bonds. The monoisotopic (exact) mass is 498 g/mol. The van der Waals surface area contributed by atoms with E-state index in [1.807, 2.05) is 20.8 Å². The minimum Gasteiger partial charge on any atom is -0.376 e. The fourth-order valence-corrected chi connectivity index (χ4v) is 4.19. The average Bonchev–Trinajstić information content (AvgIpc) is 2.75. The molecule has 3 atom stereocenters. The maximum atomic E-state index is 12.1. The van der Waals surface area contributed by atoms with E-state index in [9.17, 15) is 4.79 Å². The van der Waals surface area contributed by atoms with E-state index in [1.165, 1.54) is 0 Å². The Kier molecular flexibility index (Phi) is 14.6. The van der Waals surface area contributed by atoms with E-state index in [4.69, 9.17) is 18.9 Å². The molecule has 0 N–H and O–H groups in total. The zero-order valence-electron chi connectivity index (χ0n) is 24.8. The highest BCUT2D eigenvalue weighted by Gasteiger charge is 2.30. The molecule has 0 aromatic heterocycles. The molecule has 5 nitrogen and oxygen atoms in total. The van der Waals surface area contributed by atoms with E-state index in [0.717, 1.165) is 64.6 Å². The molecular weight excluding hydrogens is 440 g/mol. The molecule has 0 aromatic carbocycles. The van der Waals surface area contributed by atoms with Crippen molar-refractivity contribution in [2.45, 2.75) is 151 Å². The molecule has 1 fully saturated rings. The van der Waals surface area contributed by atoms with E-state index in [-0.39, 0.29) is 41.7 Å². The van der Waals surface area contributed by atoms with Crippen molar-refractivity contribution in [3.05, 3.63) is 0 Å². The van der Waals surface area contributed by atoms with Crippen LogP contribution in [0.2, 0.25) is 0 Å². The van der Waals surface area contributed by atoms with Crippen molar-refractivity contribution < 1.29 is 23.7 Å². The Morgan fingerprint density at radius 1 is 0.771 bits per heavy atom. The van der Waals surface area contributed by atoms with Crippen LogP contribution in [-0.4, -0.2) is 55.6 Å². The maximum absolute atomic E-state index is 12.1. The van der Waals surface area contributed by atoms with Crippen LogP contribution in [0, 0.1) is 17.3 Å². The van der Waals surface area contributed by atoms with E-state index >= 15 is 0 Å². The van der Waals surface area contributed by atoms with Gasteiger partial charge in [0.25, 0.3) is 0 Å². The minimum absolute atomic E-state index is 0.123. The van der Waals surface area contributed by atoms with Gasteiger partial charge >= 0.3 is 0 Å². The second-order valence-electron chi connectivity index (χ2n) is 13.0. The second kappa shape index (κ2) is 15.7. The van der Waals surface area contributed by atoms with Crippen molar-refractivity contribution in [1.29, 1.82) is 0 Å². The largest absolute Gasteiger partial charge is 0.376 e. The first-order valence-electron chi connectivity index (χ1n) is 14.3. The van der Waals surface area contributed by atoms with Gasteiger partial charge in [0.05, 0.1) is 30.0 Å². The summed E-state index contributed by atoms with van der Waals surface area (Å²) in [6.45, 7) is 23.1. The average molecular weight is 499 g/mol. The fourth-order valence-electron chi connectivity index (χ4n) is 4.19. The zero-order chi connectivity index (χ0) is 26.6. The molecule has 1 unspecified atom stereocenters. The Morgan fingerprint density at radius 3 is 1.80 bits per heavy atom. The number of rotatable bonds is 17. The highest BCUT2D eigenvalue weighted by atomic mass is 16.5. The summed E-state index contributed by atoms with van der Waals surface area (Å²) >= 11 is 0. The van der Waals surface area contributed by atoms with Crippen molar-refractivity contribution in [2.75, 3.05) is 19.8 Å². The van der Waals surface area contributed by atoms with E-state index in [2.05, 4.69) is 48.5 Å². The van der Waals surface area contributed by atoms with Gasteiger partial charge in [0.2, 0.25) is 0 Å². The first-order chi connectivity index (χ1) is 16.2. The summed E-state index contributed by atoms with van der Waals surface area (Å²) in [5.74, 6) is 1.45. The van der Waals surface area contributed by atoms with Crippen LogP contribution in [0.5, 0.6) is 0 Å². The van der Waals surface area contributed by atoms with Crippen molar-refractivity contribution in [2.24, 2.45) is 17.3 Å². The molecule has 1 aliphatic rings. The zero-order valence-corrected chi connectivity index (χ0v) is 24.8. The normalized spacial score (nSPS) is 22.3. The number of hydrogen-bond donors (Lipinski definition) is 0. The van der Waals surface area contributed by atoms with Crippen LogP contribution in [0.4, 0.5) is 0 Å². The predicted molar refractivity (Wildman–Crippen MR) is 145 cm³/mol. The lowest BCUT2D eigenvalue weighted by atomic mass is 9.90. The molecule has 0 spiro atoms. The fraction of sp³-hybridized carbons (Fsp3) is 0.967.